The van der Waals surface area contributed by atoms with Crippen molar-refractivity contribution >= 4 is 15.8 Å². The third kappa shape index (κ3) is 4.44. The van der Waals surface area contributed by atoms with Crippen LogP contribution in [0.5, 0.6) is 11.5 Å². The maximum Gasteiger partial charge on any atom is 0.341 e. The number of aromatic carboxylic acids is 1. The molecule has 1 aromatic heterocycles. The second kappa shape index (κ2) is 9.07. The SMILES string of the molecule is COCCCOc1cc2c(cc1S(C)(=O)=O)-c1c(cc(C(=O)O)c(=O)n1C1CC1)C(C(C)C)O2. The van der Waals surface area contributed by atoms with Crippen molar-refractivity contribution in [3.8, 4) is 22.8 Å². The smallest absolute Gasteiger partial charge is 0.341 e. The quantitative estimate of drug-likeness (QED) is 0.530. The predicted molar refractivity (Wildman–Crippen MR) is 125 cm³/mol. The molecule has 1 saturated carbocycles. The lowest BCUT2D eigenvalue weighted by Crippen LogP contribution is -2.32. The van der Waals surface area contributed by atoms with Crippen LogP contribution >= 0.6 is 0 Å². The fourth-order valence-corrected chi connectivity index (χ4v) is 5.12. The van der Waals surface area contributed by atoms with Gasteiger partial charge in [-0.3, -0.25) is 4.79 Å². The van der Waals surface area contributed by atoms with Crippen molar-refractivity contribution in [2.75, 3.05) is 26.6 Å². The van der Waals surface area contributed by atoms with Crippen LogP contribution in [-0.2, 0) is 14.6 Å². The van der Waals surface area contributed by atoms with Gasteiger partial charge < -0.3 is 23.9 Å². The number of fused-ring (bicyclic) bond motifs is 3. The minimum Gasteiger partial charge on any atom is -0.492 e. The summed E-state index contributed by atoms with van der Waals surface area (Å²) in [6.07, 6.45) is 2.65. The lowest BCUT2D eigenvalue weighted by molar-refractivity contribution is 0.0693. The molecule has 2 aromatic rings. The molecule has 1 unspecified atom stereocenters. The molecular weight excluding hydrogens is 462 g/mol. The fraction of sp³-hybridized carbons (Fsp3) is 0.500. The summed E-state index contributed by atoms with van der Waals surface area (Å²) in [5, 5.41) is 9.66. The van der Waals surface area contributed by atoms with E-state index in [-0.39, 0.29) is 34.8 Å². The molecule has 4 rings (SSSR count). The summed E-state index contributed by atoms with van der Waals surface area (Å²) in [5.41, 5.74) is 0.625. The van der Waals surface area contributed by atoms with Gasteiger partial charge in [-0.25, -0.2) is 13.2 Å². The van der Waals surface area contributed by atoms with Crippen molar-refractivity contribution in [3.63, 3.8) is 0 Å². The van der Waals surface area contributed by atoms with Crippen LogP contribution in [0.1, 0.15) is 61.2 Å². The molecule has 2 heterocycles. The van der Waals surface area contributed by atoms with Crippen LogP contribution in [0.4, 0.5) is 0 Å². The van der Waals surface area contributed by atoms with E-state index in [0.29, 0.717) is 35.6 Å². The van der Waals surface area contributed by atoms with Gasteiger partial charge >= 0.3 is 5.97 Å². The number of carbonyl (C=O) groups is 1. The molecule has 1 aliphatic carbocycles. The highest BCUT2D eigenvalue weighted by molar-refractivity contribution is 7.90. The topological polar surface area (TPSA) is 121 Å². The number of pyridine rings is 1. The molecule has 184 valence electrons. The number of benzene rings is 1. The van der Waals surface area contributed by atoms with Gasteiger partial charge in [-0.05, 0) is 30.9 Å². The molecule has 0 saturated heterocycles. The van der Waals surface area contributed by atoms with Gasteiger partial charge in [0.2, 0.25) is 0 Å². The molecule has 0 bridgehead atoms. The Labute approximate surface area is 198 Å². The molecule has 1 atom stereocenters. The van der Waals surface area contributed by atoms with Crippen LogP contribution in [0.15, 0.2) is 27.9 Å². The highest BCUT2D eigenvalue weighted by Crippen LogP contribution is 2.50. The van der Waals surface area contributed by atoms with Crippen molar-refractivity contribution in [3.05, 3.63) is 39.7 Å². The van der Waals surface area contributed by atoms with Crippen LogP contribution in [-0.4, -0.2) is 50.6 Å². The van der Waals surface area contributed by atoms with Crippen LogP contribution in [0.2, 0.25) is 0 Å². The highest BCUT2D eigenvalue weighted by atomic mass is 32.2. The first-order valence-corrected chi connectivity index (χ1v) is 13.1. The van der Waals surface area contributed by atoms with Gasteiger partial charge in [0.05, 0.1) is 12.3 Å². The fourth-order valence-electron chi connectivity index (χ4n) is 4.30. The average Bonchev–Trinajstić information content (AvgIpc) is 3.59. The average molecular weight is 492 g/mol. The van der Waals surface area contributed by atoms with E-state index in [1.165, 1.54) is 16.7 Å². The number of sulfone groups is 1. The first-order chi connectivity index (χ1) is 16.0. The number of ether oxygens (including phenoxy) is 3. The predicted octanol–water partition coefficient (Wildman–Crippen LogP) is 3.46. The number of rotatable bonds is 9. The van der Waals surface area contributed by atoms with Gasteiger partial charge in [0.15, 0.2) is 9.84 Å². The van der Waals surface area contributed by atoms with E-state index in [0.717, 1.165) is 19.1 Å². The van der Waals surface area contributed by atoms with Crippen molar-refractivity contribution in [1.29, 1.82) is 0 Å². The monoisotopic (exact) mass is 491 g/mol. The molecule has 34 heavy (non-hydrogen) atoms. The van der Waals surface area contributed by atoms with E-state index in [1.54, 1.807) is 13.2 Å². The Balaban J connectivity index is 1.98. The van der Waals surface area contributed by atoms with Gasteiger partial charge in [-0.15, -0.1) is 0 Å². The van der Waals surface area contributed by atoms with Crippen molar-refractivity contribution in [2.24, 2.45) is 5.92 Å². The van der Waals surface area contributed by atoms with E-state index in [2.05, 4.69) is 0 Å². The third-order valence-corrected chi connectivity index (χ3v) is 7.14. The zero-order valence-electron chi connectivity index (χ0n) is 19.7. The maximum atomic E-state index is 13.2. The molecule has 0 amide bonds. The van der Waals surface area contributed by atoms with E-state index in [9.17, 15) is 23.1 Å². The molecule has 1 aromatic carbocycles. The lowest BCUT2D eigenvalue weighted by Gasteiger charge is -2.33. The number of carboxylic acids is 1. The zero-order valence-corrected chi connectivity index (χ0v) is 20.5. The summed E-state index contributed by atoms with van der Waals surface area (Å²) < 4.78 is 43.9. The second-order valence-corrected chi connectivity index (χ2v) is 11.1. The summed E-state index contributed by atoms with van der Waals surface area (Å²) in [6, 6.07) is 4.28. The van der Waals surface area contributed by atoms with Gasteiger partial charge in [0.1, 0.15) is 28.1 Å². The first-order valence-electron chi connectivity index (χ1n) is 11.2. The first kappa shape index (κ1) is 24.3. The van der Waals surface area contributed by atoms with Gasteiger partial charge in [0, 0.05) is 49.6 Å². The number of hydrogen-bond acceptors (Lipinski definition) is 7. The Morgan fingerprint density at radius 3 is 2.50 bits per heavy atom. The van der Waals surface area contributed by atoms with E-state index in [4.69, 9.17) is 14.2 Å². The number of methoxy groups -OCH3 is 1. The summed E-state index contributed by atoms with van der Waals surface area (Å²) in [6.45, 7) is 4.62. The Bertz CT molecular complexity index is 1290. The maximum absolute atomic E-state index is 13.2. The van der Waals surface area contributed by atoms with Crippen molar-refractivity contribution < 1.29 is 32.5 Å². The zero-order chi connectivity index (χ0) is 24.8. The highest BCUT2D eigenvalue weighted by Gasteiger charge is 2.38. The Morgan fingerprint density at radius 2 is 1.94 bits per heavy atom. The minimum absolute atomic E-state index is 0.0154. The number of carboxylic acid groups (broad SMARTS) is 1. The summed E-state index contributed by atoms with van der Waals surface area (Å²) >= 11 is 0. The normalized spacial score (nSPS) is 17.1. The van der Waals surface area contributed by atoms with Crippen LogP contribution < -0.4 is 15.0 Å². The van der Waals surface area contributed by atoms with Crippen LogP contribution in [0, 0.1) is 5.92 Å². The van der Waals surface area contributed by atoms with Crippen molar-refractivity contribution in [1.82, 2.24) is 4.57 Å². The molecule has 0 spiro atoms. The van der Waals surface area contributed by atoms with Crippen LogP contribution in [0.3, 0.4) is 0 Å². The number of aromatic nitrogens is 1. The summed E-state index contributed by atoms with van der Waals surface area (Å²) in [4.78, 5) is 25.0. The van der Waals surface area contributed by atoms with Crippen LogP contribution in [0.25, 0.3) is 11.3 Å². The van der Waals surface area contributed by atoms with E-state index < -0.39 is 27.5 Å². The van der Waals surface area contributed by atoms with Crippen molar-refractivity contribution in [2.45, 2.75) is 50.2 Å². The van der Waals surface area contributed by atoms with E-state index in [1.807, 2.05) is 13.8 Å². The molecule has 9 nitrogen and oxygen atoms in total. The second-order valence-electron chi connectivity index (χ2n) is 9.12. The molecule has 1 fully saturated rings. The van der Waals surface area contributed by atoms with Gasteiger partial charge in [-0.1, -0.05) is 13.8 Å². The molecular formula is C24H29NO8S. The molecule has 1 N–H and O–H groups in total. The minimum atomic E-state index is -3.68. The number of hydrogen-bond donors (Lipinski definition) is 1. The molecule has 0 radical (unpaired) electrons. The number of nitrogens with zero attached hydrogens (tertiary/aromatic N) is 1. The standard InChI is InChI=1S/C24H29NO8S/c1-13(2)22-16-10-17(24(27)28)23(26)25(14-6-7-14)21(16)15-11-20(34(4,29)30)19(12-18(15)33-22)32-9-5-8-31-3/h10-14,22H,5-9H2,1-4H3,(H,27,28). The Morgan fingerprint density at radius 1 is 1.24 bits per heavy atom. The Kier molecular flexibility index (Phi) is 6.48. The third-order valence-electron chi connectivity index (χ3n) is 6.02. The summed E-state index contributed by atoms with van der Waals surface area (Å²) in [7, 11) is -2.11. The molecule has 10 heteroatoms. The molecule has 2 aliphatic rings. The van der Waals surface area contributed by atoms with E-state index >= 15 is 0 Å². The lowest BCUT2D eigenvalue weighted by atomic mass is 9.90. The van der Waals surface area contributed by atoms with Gasteiger partial charge in [0.25, 0.3) is 5.56 Å². The molecule has 1 aliphatic heterocycles. The summed E-state index contributed by atoms with van der Waals surface area (Å²) in [5.74, 6) is -0.769. The largest absolute Gasteiger partial charge is 0.492 e. The Hall–Kier alpha value is -2.85. The van der Waals surface area contributed by atoms with Gasteiger partial charge in [-0.2, -0.15) is 0 Å².